The van der Waals surface area contributed by atoms with Gasteiger partial charge in [-0.1, -0.05) is 6.08 Å². The van der Waals surface area contributed by atoms with E-state index in [1.807, 2.05) is 42.0 Å². The van der Waals surface area contributed by atoms with Crippen LogP contribution in [0.5, 0.6) is 0 Å². The fourth-order valence-corrected chi connectivity index (χ4v) is 3.74. The van der Waals surface area contributed by atoms with Gasteiger partial charge in [0.25, 0.3) is 0 Å². The van der Waals surface area contributed by atoms with Crippen LogP contribution in [0.4, 0.5) is 0 Å². The summed E-state index contributed by atoms with van der Waals surface area (Å²) < 4.78 is 7.17. The number of nitrogens with zero attached hydrogens (tertiary/aromatic N) is 3. The first-order valence-corrected chi connectivity index (χ1v) is 9.68. The molecule has 3 aromatic heterocycles. The highest BCUT2D eigenvalue weighted by molar-refractivity contribution is 7.13. The molecule has 0 amide bonds. The highest BCUT2D eigenvalue weighted by atomic mass is 32.1. The largest absolute Gasteiger partial charge is 0.457 e. The fraction of sp³-hybridized carbons (Fsp3) is 0.238. The number of carbonyl (C=O) groups is 2. The van der Waals surface area contributed by atoms with Crippen molar-refractivity contribution in [2.24, 2.45) is 0 Å². The lowest BCUT2D eigenvalue weighted by Gasteiger charge is -2.06. The number of rotatable bonds is 8. The zero-order chi connectivity index (χ0) is 20.1. The van der Waals surface area contributed by atoms with Gasteiger partial charge in [0.15, 0.2) is 6.61 Å². The SMILES string of the molecule is C=CCn1c(C)cc(C(=O)COC(=O)Cc2csc(-c3cccnc3)n2)c1C. The Labute approximate surface area is 167 Å². The summed E-state index contributed by atoms with van der Waals surface area (Å²) in [5, 5.41) is 2.61. The third-order valence-corrected chi connectivity index (χ3v) is 5.28. The number of esters is 1. The molecule has 0 aliphatic rings. The van der Waals surface area contributed by atoms with E-state index >= 15 is 0 Å². The van der Waals surface area contributed by atoms with E-state index in [4.69, 9.17) is 4.74 Å². The molecule has 0 aliphatic heterocycles. The minimum absolute atomic E-state index is 0.0273. The van der Waals surface area contributed by atoms with Crippen molar-refractivity contribution >= 4 is 23.1 Å². The summed E-state index contributed by atoms with van der Waals surface area (Å²) in [5.41, 5.74) is 3.90. The number of ether oxygens (including phenoxy) is 1. The van der Waals surface area contributed by atoms with E-state index in [9.17, 15) is 9.59 Å². The van der Waals surface area contributed by atoms with Crippen LogP contribution in [0.3, 0.4) is 0 Å². The van der Waals surface area contributed by atoms with Crippen LogP contribution in [-0.2, 0) is 22.5 Å². The van der Waals surface area contributed by atoms with Crippen molar-refractivity contribution in [3.05, 3.63) is 71.3 Å². The number of hydrogen-bond acceptors (Lipinski definition) is 6. The van der Waals surface area contributed by atoms with Gasteiger partial charge in [-0.3, -0.25) is 14.6 Å². The number of Topliss-reactive ketones (excluding diaryl/α,β-unsaturated/α-hetero) is 1. The van der Waals surface area contributed by atoms with Crippen molar-refractivity contribution in [1.29, 1.82) is 0 Å². The van der Waals surface area contributed by atoms with E-state index in [1.54, 1.807) is 18.5 Å². The summed E-state index contributed by atoms with van der Waals surface area (Å²) in [6.07, 6.45) is 5.23. The summed E-state index contributed by atoms with van der Waals surface area (Å²) in [4.78, 5) is 33.1. The van der Waals surface area contributed by atoms with Gasteiger partial charge in [-0.25, -0.2) is 4.98 Å². The molecule has 144 valence electrons. The maximum absolute atomic E-state index is 12.4. The zero-order valence-electron chi connectivity index (χ0n) is 15.8. The van der Waals surface area contributed by atoms with Crippen LogP contribution in [0.1, 0.15) is 27.4 Å². The minimum atomic E-state index is -0.476. The van der Waals surface area contributed by atoms with Crippen LogP contribution < -0.4 is 0 Å². The number of ketones is 1. The summed E-state index contributed by atoms with van der Waals surface area (Å²) in [7, 11) is 0. The van der Waals surface area contributed by atoms with Gasteiger partial charge in [-0.15, -0.1) is 17.9 Å². The smallest absolute Gasteiger partial charge is 0.312 e. The molecule has 0 saturated heterocycles. The molecule has 0 saturated carbocycles. The monoisotopic (exact) mass is 395 g/mol. The molecule has 0 bridgehead atoms. The maximum atomic E-state index is 12.4. The number of aromatic nitrogens is 3. The molecule has 3 heterocycles. The highest BCUT2D eigenvalue weighted by Crippen LogP contribution is 2.23. The molecule has 0 aromatic carbocycles. The Bertz CT molecular complexity index is 1010. The van der Waals surface area contributed by atoms with Gasteiger partial charge in [0, 0.05) is 46.8 Å². The van der Waals surface area contributed by atoms with Crippen LogP contribution in [0.25, 0.3) is 10.6 Å². The van der Waals surface area contributed by atoms with E-state index in [0.717, 1.165) is 22.0 Å². The lowest BCUT2D eigenvalue weighted by atomic mass is 10.1. The topological polar surface area (TPSA) is 74.1 Å². The van der Waals surface area contributed by atoms with Gasteiger partial charge >= 0.3 is 5.97 Å². The van der Waals surface area contributed by atoms with Gasteiger partial charge in [0.2, 0.25) is 5.78 Å². The van der Waals surface area contributed by atoms with E-state index in [1.165, 1.54) is 11.3 Å². The standard InChI is InChI=1S/C21H21N3O3S/c1-4-8-24-14(2)9-18(15(24)3)19(25)12-27-20(26)10-17-13-28-21(23-17)16-6-5-7-22-11-16/h4-7,9,11,13H,1,8,10,12H2,2-3H3. The lowest BCUT2D eigenvalue weighted by molar-refractivity contribution is -0.141. The highest BCUT2D eigenvalue weighted by Gasteiger charge is 2.17. The van der Waals surface area contributed by atoms with Gasteiger partial charge in [0.1, 0.15) is 5.01 Å². The van der Waals surface area contributed by atoms with Crippen molar-refractivity contribution in [2.75, 3.05) is 6.61 Å². The molecule has 0 unspecified atom stereocenters. The molecular formula is C21H21N3O3S. The second-order valence-electron chi connectivity index (χ2n) is 6.33. The molecule has 6 nitrogen and oxygen atoms in total. The first-order valence-electron chi connectivity index (χ1n) is 8.81. The van der Waals surface area contributed by atoms with E-state index in [0.29, 0.717) is 17.8 Å². The number of allylic oxidation sites excluding steroid dienone is 1. The van der Waals surface area contributed by atoms with E-state index < -0.39 is 5.97 Å². The zero-order valence-corrected chi connectivity index (χ0v) is 16.7. The number of thiazole rings is 1. The van der Waals surface area contributed by atoms with Crippen LogP contribution >= 0.6 is 11.3 Å². The summed E-state index contributed by atoms with van der Waals surface area (Å²) >= 11 is 1.44. The Morgan fingerprint density at radius 1 is 1.36 bits per heavy atom. The van der Waals surface area contributed by atoms with Crippen LogP contribution in [0.15, 0.2) is 48.6 Å². The van der Waals surface area contributed by atoms with Crippen molar-refractivity contribution in [3.8, 4) is 10.6 Å². The number of pyridine rings is 1. The average Bonchev–Trinajstić information content (AvgIpc) is 3.27. The Morgan fingerprint density at radius 2 is 2.18 bits per heavy atom. The Balaban J connectivity index is 1.58. The number of aryl methyl sites for hydroxylation is 1. The molecule has 0 aliphatic carbocycles. The first kappa shape index (κ1) is 19.7. The second-order valence-corrected chi connectivity index (χ2v) is 7.19. The summed E-state index contributed by atoms with van der Waals surface area (Å²) in [6.45, 7) is 7.89. The normalized spacial score (nSPS) is 10.6. The van der Waals surface area contributed by atoms with Gasteiger partial charge in [-0.2, -0.15) is 0 Å². The van der Waals surface area contributed by atoms with E-state index in [2.05, 4.69) is 16.5 Å². The fourth-order valence-electron chi connectivity index (χ4n) is 2.93. The number of carbonyl (C=O) groups excluding carboxylic acids is 2. The Hall–Kier alpha value is -3.06. The Morgan fingerprint density at radius 3 is 2.89 bits per heavy atom. The molecule has 7 heteroatoms. The molecule has 0 N–H and O–H groups in total. The predicted molar refractivity (Wildman–Crippen MR) is 108 cm³/mol. The minimum Gasteiger partial charge on any atom is -0.457 e. The van der Waals surface area contributed by atoms with Crippen LogP contribution in [0.2, 0.25) is 0 Å². The lowest BCUT2D eigenvalue weighted by Crippen LogP contribution is -2.16. The first-order chi connectivity index (χ1) is 13.5. The second kappa shape index (κ2) is 8.75. The van der Waals surface area contributed by atoms with Crippen molar-refractivity contribution < 1.29 is 14.3 Å². The molecule has 28 heavy (non-hydrogen) atoms. The van der Waals surface area contributed by atoms with Crippen molar-refractivity contribution in [1.82, 2.24) is 14.5 Å². The molecule has 0 spiro atoms. The van der Waals surface area contributed by atoms with Crippen molar-refractivity contribution in [3.63, 3.8) is 0 Å². The van der Waals surface area contributed by atoms with Crippen LogP contribution in [-0.4, -0.2) is 32.9 Å². The van der Waals surface area contributed by atoms with Crippen molar-refractivity contribution in [2.45, 2.75) is 26.8 Å². The molecular weight excluding hydrogens is 374 g/mol. The van der Waals surface area contributed by atoms with Gasteiger partial charge in [-0.05, 0) is 32.0 Å². The molecule has 0 atom stereocenters. The van der Waals surface area contributed by atoms with Gasteiger partial charge in [0.05, 0.1) is 12.1 Å². The molecule has 3 aromatic rings. The summed E-state index contributed by atoms with van der Waals surface area (Å²) in [5.74, 6) is -0.692. The third kappa shape index (κ3) is 4.43. The summed E-state index contributed by atoms with van der Waals surface area (Å²) in [6, 6.07) is 5.56. The maximum Gasteiger partial charge on any atom is 0.312 e. The third-order valence-electron chi connectivity index (χ3n) is 4.34. The molecule has 0 radical (unpaired) electrons. The average molecular weight is 395 g/mol. The van der Waals surface area contributed by atoms with Gasteiger partial charge < -0.3 is 9.30 Å². The number of hydrogen-bond donors (Lipinski definition) is 0. The van der Waals surface area contributed by atoms with Crippen LogP contribution in [0, 0.1) is 13.8 Å². The van der Waals surface area contributed by atoms with E-state index in [-0.39, 0.29) is 18.8 Å². The quantitative estimate of drug-likeness (QED) is 0.330. The predicted octanol–water partition coefficient (Wildman–Crippen LogP) is 3.78. The molecule has 0 fully saturated rings. The Kier molecular flexibility index (Phi) is 6.16. The molecule has 3 rings (SSSR count).